The van der Waals surface area contributed by atoms with Crippen LogP contribution in [0.2, 0.25) is 0 Å². The van der Waals surface area contributed by atoms with Crippen LogP contribution in [0, 0.1) is 5.92 Å². The van der Waals surface area contributed by atoms with Gasteiger partial charge in [0, 0.05) is 18.8 Å². The summed E-state index contributed by atoms with van der Waals surface area (Å²) in [7, 11) is 0. The van der Waals surface area contributed by atoms with Crippen molar-refractivity contribution in [3.05, 3.63) is 53.9 Å². The standard InChI is InChI=1S/C16H22N4/c1-2-20-11-12(10-18-20)8-16(19-17)15-9-14(15)13-6-4-3-5-7-13/h3-7,10-11,14-16,19H,2,8-9,17H2,1H3. The van der Waals surface area contributed by atoms with Gasteiger partial charge in [0.05, 0.1) is 6.20 Å². The Hall–Kier alpha value is -1.65. The summed E-state index contributed by atoms with van der Waals surface area (Å²) in [6, 6.07) is 11.1. The molecule has 0 saturated heterocycles. The third kappa shape index (κ3) is 2.76. The first-order chi connectivity index (χ1) is 9.81. The fourth-order valence-corrected chi connectivity index (χ4v) is 3.02. The number of hydrogen-bond acceptors (Lipinski definition) is 3. The Morgan fingerprint density at radius 2 is 2.20 bits per heavy atom. The van der Waals surface area contributed by atoms with E-state index in [0.29, 0.717) is 17.9 Å². The van der Waals surface area contributed by atoms with Gasteiger partial charge < -0.3 is 0 Å². The van der Waals surface area contributed by atoms with Crippen LogP contribution < -0.4 is 11.3 Å². The van der Waals surface area contributed by atoms with Gasteiger partial charge in [-0.15, -0.1) is 0 Å². The average Bonchev–Trinajstić information content (AvgIpc) is 3.17. The largest absolute Gasteiger partial charge is 0.273 e. The molecule has 4 heteroatoms. The molecule has 0 bridgehead atoms. The molecular weight excluding hydrogens is 248 g/mol. The van der Waals surface area contributed by atoms with Gasteiger partial charge in [-0.05, 0) is 42.7 Å². The van der Waals surface area contributed by atoms with E-state index in [9.17, 15) is 0 Å². The summed E-state index contributed by atoms with van der Waals surface area (Å²) in [5.41, 5.74) is 5.69. The van der Waals surface area contributed by atoms with Gasteiger partial charge in [0.2, 0.25) is 0 Å². The predicted molar refractivity (Wildman–Crippen MR) is 80.0 cm³/mol. The normalized spacial score (nSPS) is 22.7. The highest BCUT2D eigenvalue weighted by molar-refractivity contribution is 5.27. The van der Waals surface area contributed by atoms with Crippen LogP contribution in [0.1, 0.15) is 30.4 Å². The number of hydrazine groups is 1. The van der Waals surface area contributed by atoms with E-state index >= 15 is 0 Å². The van der Waals surface area contributed by atoms with Crippen LogP contribution in [0.4, 0.5) is 0 Å². The fraction of sp³-hybridized carbons (Fsp3) is 0.438. The van der Waals surface area contributed by atoms with Crippen LogP contribution >= 0.6 is 0 Å². The summed E-state index contributed by atoms with van der Waals surface area (Å²) in [4.78, 5) is 0. The lowest BCUT2D eigenvalue weighted by molar-refractivity contribution is 0.464. The highest BCUT2D eigenvalue weighted by atomic mass is 15.3. The molecular formula is C16H22N4. The van der Waals surface area contributed by atoms with Crippen molar-refractivity contribution in [2.45, 2.75) is 38.3 Å². The van der Waals surface area contributed by atoms with Gasteiger partial charge in [-0.2, -0.15) is 5.10 Å². The zero-order valence-corrected chi connectivity index (χ0v) is 11.9. The lowest BCUT2D eigenvalue weighted by Gasteiger charge is -2.15. The lowest BCUT2D eigenvalue weighted by atomic mass is 10.0. The van der Waals surface area contributed by atoms with E-state index in [2.05, 4.69) is 54.0 Å². The molecule has 1 saturated carbocycles. The molecule has 1 heterocycles. The van der Waals surface area contributed by atoms with Crippen LogP contribution in [0.15, 0.2) is 42.7 Å². The Kier molecular flexibility index (Phi) is 3.85. The molecule has 1 aromatic heterocycles. The minimum Gasteiger partial charge on any atom is -0.273 e. The van der Waals surface area contributed by atoms with Crippen molar-refractivity contribution in [1.82, 2.24) is 15.2 Å². The molecule has 1 aliphatic carbocycles. The van der Waals surface area contributed by atoms with E-state index in [1.165, 1.54) is 17.5 Å². The fourth-order valence-electron chi connectivity index (χ4n) is 3.02. The molecule has 0 aliphatic heterocycles. The minimum atomic E-state index is 0.328. The number of rotatable bonds is 6. The maximum absolute atomic E-state index is 5.76. The van der Waals surface area contributed by atoms with Crippen molar-refractivity contribution in [3.8, 4) is 0 Å². The quantitative estimate of drug-likeness (QED) is 0.624. The molecule has 2 aromatic rings. The molecule has 3 unspecified atom stereocenters. The van der Waals surface area contributed by atoms with E-state index in [0.717, 1.165) is 13.0 Å². The molecule has 0 radical (unpaired) electrons. The zero-order valence-electron chi connectivity index (χ0n) is 11.9. The summed E-state index contributed by atoms with van der Waals surface area (Å²) >= 11 is 0. The summed E-state index contributed by atoms with van der Waals surface area (Å²) in [6.07, 6.45) is 6.24. The molecule has 1 fully saturated rings. The second-order valence-corrected chi connectivity index (χ2v) is 5.60. The highest BCUT2D eigenvalue weighted by Crippen LogP contribution is 2.49. The molecule has 106 valence electrons. The monoisotopic (exact) mass is 270 g/mol. The van der Waals surface area contributed by atoms with Crippen molar-refractivity contribution in [2.75, 3.05) is 0 Å². The molecule has 1 aromatic carbocycles. The van der Waals surface area contributed by atoms with Gasteiger partial charge in [0.25, 0.3) is 0 Å². The first kappa shape index (κ1) is 13.3. The van der Waals surface area contributed by atoms with Gasteiger partial charge in [0.15, 0.2) is 0 Å². The number of hydrogen-bond donors (Lipinski definition) is 2. The second-order valence-electron chi connectivity index (χ2n) is 5.60. The molecule has 0 amide bonds. The predicted octanol–water partition coefficient (Wildman–Crippen LogP) is 2.08. The number of nitrogens with zero attached hydrogens (tertiary/aromatic N) is 2. The number of aryl methyl sites for hydroxylation is 1. The van der Waals surface area contributed by atoms with Crippen molar-refractivity contribution in [3.63, 3.8) is 0 Å². The van der Waals surface area contributed by atoms with Crippen molar-refractivity contribution in [2.24, 2.45) is 11.8 Å². The summed E-state index contributed by atoms with van der Waals surface area (Å²) in [6.45, 7) is 3.01. The number of nitrogens with one attached hydrogen (secondary N) is 1. The molecule has 20 heavy (non-hydrogen) atoms. The van der Waals surface area contributed by atoms with Crippen LogP contribution in [0.25, 0.3) is 0 Å². The third-order valence-electron chi connectivity index (χ3n) is 4.26. The average molecular weight is 270 g/mol. The van der Waals surface area contributed by atoms with Crippen LogP contribution in [-0.4, -0.2) is 15.8 Å². The summed E-state index contributed by atoms with van der Waals surface area (Å²) in [5, 5.41) is 4.33. The van der Waals surface area contributed by atoms with E-state index in [-0.39, 0.29) is 0 Å². The molecule has 0 spiro atoms. The second kappa shape index (κ2) is 5.77. The molecule has 3 rings (SSSR count). The van der Waals surface area contributed by atoms with Gasteiger partial charge in [-0.1, -0.05) is 30.3 Å². The van der Waals surface area contributed by atoms with Crippen LogP contribution in [0.3, 0.4) is 0 Å². The molecule has 1 aliphatic rings. The SMILES string of the molecule is CCn1cc(CC(NN)C2CC2c2ccccc2)cn1. The Morgan fingerprint density at radius 3 is 2.85 bits per heavy atom. The van der Waals surface area contributed by atoms with Crippen LogP contribution in [-0.2, 0) is 13.0 Å². The molecule has 3 N–H and O–H groups in total. The van der Waals surface area contributed by atoms with Gasteiger partial charge in [-0.25, -0.2) is 0 Å². The van der Waals surface area contributed by atoms with Gasteiger partial charge >= 0.3 is 0 Å². The first-order valence-electron chi connectivity index (χ1n) is 7.34. The lowest BCUT2D eigenvalue weighted by Crippen LogP contribution is -2.38. The smallest absolute Gasteiger partial charge is 0.0522 e. The van der Waals surface area contributed by atoms with Crippen molar-refractivity contribution >= 4 is 0 Å². The number of aromatic nitrogens is 2. The highest BCUT2D eigenvalue weighted by Gasteiger charge is 2.43. The van der Waals surface area contributed by atoms with E-state index in [1.807, 2.05) is 10.9 Å². The maximum atomic E-state index is 5.76. The summed E-state index contributed by atoms with van der Waals surface area (Å²) in [5.74, 6) is 7.05. The van der Waals surface area contributed by atoms with Crippen molar-refractivity contribution < 1.29 is 0 Å². The number of benzene rings is 1. The van der Waals surface area contributed by atoms with E-state index < -0.39 is 0 Å². The Morgan fingerprint density at radius 1 is 1.40 bits per heavy atom. The maximum Gasteiger partial charge on any atom is 0.0522 e. The Labute approximate surface area is 120 Å². The summed E-state index contributed by atoms with van der Waals surface area (Å²) < 4.78 is 1.96. The van der Waals surface area contributed by atoms with Crippen LogP contribution in [0.5, 0.6) is 0 Å². The van der Waals surface area contributed by atoms with E-state index in [1.54, 1.807) is 0 Å². The van der Waals surface area contributed by atoms with E-state index in [4.69, 9.17) is 5.84 Å². The number of nitrogens with two attached hydrogens (primary N) is 1. The van der Waals surface area contributed by atoms with Gasteiger partial charge in [-0.3, -0.25) is 16.0 Å². The van der Waals surface area contributed by atoms with Crippen molar-refractivity contribution in [1.29, 1.82) is 0 Å². The zero-order chi connectivity index (χ0) is 13.9. The molecule has 3 atom stereocenters. The Bertz CT molecular complexity index is 549. The topological polar surface area (TPSA) is 55.9 Å². The third-order valence-corrected chi connectivity index (χ3v) is 4.26. The minimum absolute atomic E-state index is 0.328. The molecule has 4 nitrogen and oxygen atoms in total. The van der Waals surface area contributed by atoms with Gasteiger partial charge in [0.1, 0.15) is 0 Å². The first-order valence-corrected chi connectivity index (χ1v) is 7.34. The Balaban J connectivity index is 1.64.